The third kappa shape index (κ3) is 4.79. The molecule has 1 aromatic rings. The van der Waals surface area contributed by atoms with Gasteiger partial charge in [0.05, 0.1) is 18.0 Å². The summed E-state index contributed by atoms with van der Waals surface area (Å²) in [6, 6.07) is 6.60. The third-order valence-electron chi connectivity index (χ3n) is 3.02. The van der Waals surface area contributed by atoms with E-state index in [2.05, 4.69) is 5.32 Å². The Hall–Kier alpha value is -2.57. The molecule has 0 radical (unpaired) electrons. The number of carboxylic acids is 1. The summed E-state index contributed by atoms with van der Waals surface area (Å²) in [7, 11) is 1.53. The number of nitrogens with two attached hydrogens (primary N) is 1. The zero-order chi connectivity index (χ0) is 16.0. The molecule has 0 bridgehead atoms. The van der Waals surface area contributed by atoms with E-state index >= 15 is 0 Å². The van der Waals surface area contributed by atoms with Crippen LogP contribution in [0, 0.1) is 5.92 Å². The number of amides is 2. The van der Waals surface area contributed by atoms with E-state index in [9.17, 15) is 14.4 Å². The molecule has 0 spiro atoms. The molecule has 0 fully saturated rings. The minimum absolute atomic E-state index is 0.0485. The van der Waals surface area contributed by atoms with Crippen molar-refractivity contribution >= 4 is 23.5 Å². The molecular weight excluding hydrogens is 274 g/mol. The third-order valence-corrected chi connectivity index (χ3v) is 3.02. The molecule has 1 atom stereocenters. The van der Waals surface area contributed by atoms with Gasteiger partial charge in [0.2, 0.25) is 5.91 Å². The van der Waals surface area contributed by atoms with Gasteiger partial charge in [-0.1, -0.05) is 19.1 Å². The van der Waals surface area contributed by atoms with Crippen molar-refractivity contribution in [1.29, 1.82) is 0 Å². The lowest BCUT2D eigenvalue weighted by Gasteiger charge is -2.20. The Morgan fingerprint density at radius 2 is 1.95 bits per heavy atom. The zero-order valence-electron chi connectivity index (χ0n) is 12.0. The predicted molar refractivity (Wildman–Crippen MR) is 77.9 cm³/mol. The van der Waals surface area contributed by atoms with E-state index < -0.39 is 17.8 Å². The quantitative estimate of drug-likeness (QED) is 0.672. The van der Waals surface area contributed by atoms with Crippen LogP contribution in [0.3, 0.4) is 0 Å². The molecule has 2 amide bonds. The molecule has 114 valence electrons. The number of primary amides is 1. The fourth-order valence-corrected chi connectivity index (χ4v) is 1.75. The number of likely N-dealkylation sites (N-methyl/N-ethyl adjacent to an activating group) is 1. The number of hydrogen-bond acceptors (Lipinski definition) is 4. The summed E-state index contributed by atoms with van der Waals surface area (Å²) >= 11 is 0. The maximum absolute atomic E-state index is 11.9. The Balaban J connectivity index is 2.61. The van der Waals surface area contributed by atoms with Gasteiger partial charge in [0.1, 0.15) is 0 Å². The Morgan fingerprint density at radius 1 is 1.33 bits per heavy atom. The summed E-state index contributed by atoms with van der Waals surface area (Å²) in [6.07, 6.45) is 0. The van der Waals surface area contributed by atoms with Crippen molar-refractivity contribution in [3.8, 4) is 0 Å². The van der Waals surface area contributed by atoms with Crippen LogP contribution >= 0.6 is 0 Å². The van der Waals surface area contributed by atoms with Crippen LogP contribution in [0.1, 0.15) is 17.3 Å². The number of nitrogens with one attached hydrogen (secondary N) is 1. The summed E-state index contributed by atoms with van der Waals surface area (Å²) in [5.41, 5.74) is 6.01. The van der Waals surface area contributed by atoms with Gasteiger partial charge in [-0.15, -0.1) is 0 Å². The van der Waals surface area contributed by atoms with Crippen LogP contribution < -0.4 is 11.1 Å². The first-order chi connectivity index (χ1) is 9.82. The molecule has 0 aliphatic rings. The zero-order valence-corrected chi connectivity index (χ0v) is 12.0. The van der Waals surface area contributed by atoms with Crippen molar-refractivity contribution in [2.45, 2.75) is 6.92 Å². The number of benzene rings is 1. The highest BCUT2D eigenvalue weighted by atomic mass is 16.4. The molecule has 21 heavy (non-hydrogen) atoms. The Morgan fingerprint density at radius 3 is 2.52 bits per heavy atom. The monoisotopic (exact) mass is 293 g/mol. The molecule has 0 saturated heterocycles. The Labute approximate surface area is 122 Å². The molecule has 0 aromatic heterocycles. The van der Waals surface area contributed by atoms with Gasteiger partial charge in [-0.25, -0.2) is 0 Å². The van der Waals surface area contributed by atoms with Gasteiger partial charge >= 0.3 is 5.97 Å². The molecule has 0 aliphatic carbocycles. The van der Waals surface area contributed by atoms with Crippen molar-refractivity contribution in [3.63, 3.8) is 0 Å². The molecule has 0 aliphatic heterocycles. The molecule has 0 heterocycles. The number of carbonyl (C=O) groups is 3. The lowest BCUT2D eigenvalue weighted by molar-refractivity contribution is -0.142. The maximum atomic E-state index is 11.9. The minimum atomic E-state index is -0.957. The van der Waals surface area contributed by atoms with E-state index in [0.29, 0.717) is 11.3 Å². The van der Waals surface area contributed by atoms with Gasteiger partial charge in [0.15, 0.2) is 0 Å². The standard InChI is InChI=1S/C14H19N3O4/c1-9(14(20)21)8-17(2)12(18)7-16-11-6-4-3-5-10(11)13(15)19/h3-6,9,16H,7-8H2,1-2H3,(H2,15,19)(H,20,21). The second-order valence-corrected chi connectivity index (χ2v) is 4.78. The summed E-state index contributed by atoms with van der Waals surface area (Å²) in [4.78, 5) is 35.2. The van der Waals surface area contributed by atoms with Gasteiger partial charge in [-0.05, 0) is 12.1 Å². The first-order valence-corrected chi connectivity index (χ1v) is 6.42. The van der Waals surface area contributed by atoms with Crippen LogP contribution in [0.15, 0.2) is 24.3 Å². The predicted octanol–water partition coefficient (Wildman–Crippen LogP) is 0.377. The highest BCUT2D eigenvalue weighted by molar-refractivity contribution is 5.99. The number of rotatable bonds is 7. The van der Waals surface area contributed by atoms with Gasteiger partial charge in [0, 0.05) is 19.3 Å². The van der Waals surface area contributed by atoms with Gasteiger partial charge in [-0.2, -0.15) is 0 Å². The maximum Gasteiger partial charge on any atom is 0.308 e. The van der Waals surface area contributed by atoms with Crippen molar-refractivity contribution in [2.24, 2.45) is 11.7 Å². The first kappa shape index (κ1) is 16.5. The van der Waals surface area contributed by atoms with E-state index in [1.54, 1.807) is 24.3 Å². The largest absolute Gasteiger partial charge is 0.481 e. The van der Waals surface area contributed by atoms with Crippen LogP contribution in [0.25, 0.3) is 0 Å². The molecule has 1 rings (SSSR count). The van der Waals surface area contributed by atoms with Crippen LogP contribution in [-0.2, 0) is 9.59 Å². The van der Waals surface area contributed by atoms with Crippen molar-refractivity contribution in [2.75, 3.05) is 25.5 Å². The van der Waals surface area contributed by atoms with E-state index in [4.69, 9.17) is 10.8 Å². The van der Waals surface area contributed by atoms with Crippen LogP contribution in [-0.4, -0.2) is 47.9 Å². The number of carboxylic acid groups (broad SMARTS) is 1. The van der Waals surface area contributed by atoms with Crippen molar-refractivity contribution in [3.05, 3.63) is 29.8 Å². The van der Waals surface area contributed by atoms with E-state index in [1.165, 1.54) is 18.9 Å². The van der Waals surface area contributed by atoms with Gasteiger partial charge < -0.3 is 21.1 Å². The fourth-order valence-electron chi connectivity index (χ4n) is 1.75. The van der Waals surface area contributed by atoms with Crippen LogP contribution in [0.2, 0.25) is 0 Å². The van der Waals surface area contributed by atoms with E-state index in [0.717, 1.165) is 0 Å². The number of hydrogen-bond donors (Lipinski definition) is 3. The molecule has 7 nitrogen and oxygen atoms in total. The average Bonchev–Trinajstić information content (AvgIpc) is 2.44. The smallest absolute Gasteiger partial charge is 0.308 e. The molecule has 1 aromatic carbocycles. The second-order valence-electron chi connectivity index (χ2n) is 4.78. The second kappa shape index (κ2) is 7.28. The lowest BCUT2D eigenvalue weighted by Crippen LogP contribution is -2.37. The fraction of sp³-hybridized carbons (Fsp3) is 0.357. The average molecular weight is 293 g/mol. The molecule has 7 heteroatoms. The SMILES string of the molecule is CC(CN(C)C(=O)CNc1ccccc1C(N)=O)C(=O)O. The van der Waals surface area contributed by atoms with Crippen LogP contribution in [0.5, 0.6) is 0 Å². The Kier molecular flexibility index (Phi) is 5.71. The topological polar surface area (TPSA) is 113 Å². The van der Waals surface area contributed by atoms with Gasteiger partial charge in [0.25, 0.3) is 5.91 Å². The Bertz CT molecular complexity index is 545. The minimum Gasteiger partial charge on any atom is -0.481 e. The molecule has 1 unspecified atom stereocenters. The van der Waals surface area contributed by atoms with Gasteiger partial charge in [-0.3, -0.25) is 14.4 Å². The van der Waals surface area contributed by atoms with E-state index in [1.807, 2.05) is 0 Å². The number of aliphatic carboxylic acids is 1. The first-order valence-electron chi connectivity index (χ1n) is 6.42. The number of carbonyl (C=O) groups excluding carboxylic acids is 2. The number of anilines is 1. The summed E-state index contributed by atoms with van der Waals surface area (Å²) in [5.74, 6) is -2.46. The lowest BCUT2D eigenvalue weighted by atomic mass is 10.1. The van der Waals surface area contributed by atoms with E-state index in [-0.39, 0.29) is 19.0 Å². The summed E-state index contributed by atoms with van der Waals surface area (Å²) < 4.78 is 0. The summed E-state index contributed by atoms with van der Waals surface area (Å²) in [6.45, 7) is 1.60. The number of para-hydroxylation sites is 1. The normalized spacial score (nSPS) is 11.5. The van der Waals surface area contributed by atoms with Crippen molar-refractivity contribution in [1.82, 2.24) is 4.90 Å². The number of nitrogens with zero attached hydrogens (tertiary/aromatic N) is 1. The summed E-state index contributed by atoms with van der Waals surface area (Å²) in [5, 5.41) is 11.7. The molecule has 4 N–H and O–H groups in total. The molecular formula is C14H19N3O4. The highest BCUT2D eigenvalue weighted by Gasteiger charge is 2.17. The molecule has 0 saturated carbocycles. The van der Waals surface area contributed by atoms with Crippen molar-refractivity contribution < 1.29 is 19.5 Å². The highest BCUT2D eigenvalue weighted by Crippen LogP contribution is 2.13. The van der Waals surface area contributed by atoms with Crippen LogP contribution in [0.4, 0.5) is 5.69 Å².